The normalized spacial score (nSPS) is 9.94. The van der Waals surface area contributed by atoms with E-state index in [0.717, 1.165) is 11.1 Å². The molecule has 0 fully saturated rings. The summed E-state index contributed by atoms with van der Waals surface area (Å²) in [5.74, 6) is -0.635. The van der Waals surface area contributed by atoms with Crippen molar-refractivity contribution in [3.05, 3.63) is 34.9 Å². The lowest BCUT2D eigenvalue weighted by molar-refractivity contribution is -0.140. The van der Waals surface area contributed by atoms with Crippen LogP contribution in [0.15, 0.2) is 18.2 Å². The monoisotopic (exact) mass is 250 g/mol. The Morgan fingerprint density at radius 3 is 2.61 bits per heavy atom. The van der Waals surface area contributed by atoms with Crippen LogP contribution in [0.3, 0.4) is 0 Å². The largest absolute Gasteiger partial charge is 0.469 e. The van der Waals surface area contributed by atoms with Gasteiger partial charge in [-0.15, -0.1) is 0 Å². The molecule has 1 aromatic carbocycles. The van der Waals surface area contributed by atoms with Crippen molar-refractivity contribution in [2.45, 2.75) is 26.7 Å². The SMILES string of the molecule is CCOC(=O)c1ccc(C)cc1CCC(=O)OC. The van der Waals surface area contributed by atoms with Gasteiger partial charge in [-0.3, -0.25) is 4.79 Å². The lowest BCUT2D eigenvalue weighted by atomic mass is 10.0. The molecule has 1 aromatic rings. The first-order chi connectivity index (χ1) is 8.58. The fraction of sp³-hybridized carbons (Fsp3) is 0.429. The first-order valence-electron chi connectivity index (χ1n) is 5.92. The van der Waals surface area contributed by atoms with Crippen LogP contribution in [0, 0.1) is 6.92 Å². The van der Waals surface area contributed by atoms with Crippen LogP contribution >= 0.6 is 0 Å². The van der Waals surface area contributed by atoms with Gasteiger partial charge in [0, 0.05) is 6.42 Å². The smallest absolute Gasteiger partial charge is 0.338 e. The molecular weight excluding hydrogens is 232 g/mol. The second kappa shape index (κ2) is 6.79. The van der Waals surface area contributed by atoms with Gasteiger partial charge in [0.25, 0.3) is 0 Å². The quantitative estimate of drug-likeness (QED) is 0.752. The molecule has 0 aliphatic carbocycles. The number of benzene rings is 1. The highest BCUT2D eigenvalue weighted by Crippen LogP contribution is 2.15. The molecule has 0 unspecified atom stereocenters. The van der Waals surface area contributed by atoms with E-state index in [1.165, 1.54) is 7.11 Å². The van der Waals surface area contributed by atoms with E-state index < -0.39 is 0 Å². The molecule has 4 nitrogen and oxygen atoms in total. The molecule has 0 saturated heterocycles. The van der Waals surface area contributed by atoms with E-state index in [4.69, 9.17) is 4.74 Å². The van der Waals surface area contributed by atoms with Gasteiger partial charge >= 0.3 is 11.9 Å². The highest BCUT2D eigenvalue weighted by molar-refractivity contribution is 5.91. The van der Waals surface area contributed by atoms with Crippen molar-refractivity contribution in [2.24, 2.45) is 0 Å². The van der Waals surface area contributed by atoms with E-state index in [9.17, 15) is 9.59 Å². The first-order valence-corrected chi connectivity index (χ1v) is 5.92. The van der Waals surface area contributed by atoms with Crippen molar-refractivity contribution in [1.82, 2.24) is 0 Å². The zero-order valence-electron chi connectivity index (χ0n) is 11.0. The summed E-state index contributed by atoms with van der Waals surface area (Å²) >= 11 is 0. The van der Waals surface area contributed by atoms with Gasteiger partial charge in [0.2, 0.25) is 0 Å². The number of carbonyl (C=O) groups is 2. The van der Waals surface area contributed by atoms with Crippen molar-refractivity contribution in [3.8, 4) is 0 Å². The molecule has 4 heteroatoms. The Labute approximate surface area is 107 Å². The van der Waals surface area contributed by atoms with E-state index in [0.29, 0.717) is 18.6 Å². The van der Waals surface area contributed by atoms with Gasteiger partial charge in [0.05, 0.1) is 19.3 Å². The van der Waals surface area contributed by atoms with Crippen LogP contribution in [-0.4, -0.2) is 25.7 Å². The summed E-state index contributed by atoms with van der Waals surface area (Å²) in [6, 6.07) is 5.49. The van der Waals surface area contributed by atoms with E-state index in [-0.39, 0.29) is 18.4 Å². The molecule has 0 aliphatic heterocycles. The summed E-state index contributed by atoms with van der Waals surface area (Å²) in [7, 11) is 1.35. The van der Waals surface area contributed by atoms with Gasteiger partial charge in [-0.2, -0.15) is 0 Å². The third kappa shape index (κ3) is 3.87. The number of ether oxygens (including phenoxy) is 2. The summed E-state index contributed by atoms with van der Waals surface area (Å²) in [5.41, 5.74) is 2.38. The lowest BCUT2D eigenvalue weighted by Gasteiger charge is -2.09. The molecular formula is C14H18O4. The van der Waals surface area contributed by atoms with Crippen LogP contribution < -0.4 is 0 Å². The van der Waals surface area contributed by atoms with E-state index in [1.807, 2.05) is 19.1 Å². The molecule has 0 amide bonds. The Morgan fingerprint density at radius 2 is 2.00 bits per heavy atom. The molecule has 18 heavy (non-hydrogen) atoms. The third-order valence-corrected chi connectivity index (χ3v) is 2.58. The lowest BCUT2D eigenvalue weighted by Crippen LogP contribution is -2.10. The Morgan fingerprint density at radius 1 is 1.28 bits per heavy atom. The van der Waals surface area contributed by atoms with E-state index in [1.54, 1.807) is 13.0 Å². The van der Waals surface area contributed by atoms with Crippen LogP contribution in [0.25, 0.3) is 0 Å². The number of rotatable bonds is 5. The van der Waals surface area contributed by atoms with Crippen LogP contribution in [0.4, 0.5) is 0 Å². The molecule has 0 heterocycles. The predicted octanol–water partition coefficient (Wildman–Crippen LogP) is 2.28. The van der Waals surface area contributed by atoms with Gasteiger partial charge in [-0.1, -0.05) is 17.7 Å². The van der Waals surface area contributed by atoms with E-state index in [2.05, 4.69) is 4.74 Å². The van der Waals surface area contributed by atoms with Gasteiger partial charge < -0.3 is 9.47 Å². The average molecular weight is 250 g/mol. The molecule has 0 bridgehead atoms. The number of methoxy groups -OCH3 is 1. The number of aryl methyl sites for hydroxylation is 2. The summed E-state index contributed by atoms with van der Waals surface area (Å²) in [4.78, 5) is 22.9. The third-order valence-electron chi connectivity index (χ3n) is 2.58. The zero-order valence-corrected chi connectivity index (χ0v) is 11.0. The first kappa shape index (κ1) is 14.2. The highest BCUT2D eigenvalue weighted by atomic mass is 16.5. The Hall–Kier alpha value is -1.84. The topological polar surface area (TPSA) is 52.6 Å². The van der Waals surface area contributed by atoms with Crippen LogP contribution in [0.1, 0.15) is 34.8 Å². The molecule has 0 saturated carbocycles. The molecule has 0 N–H and O–H groups in total. The molecule has 1 rings (SSSR count). The Balaban J connectivity index is 2.89. The van der Waals surface area contributed by atoms with Crippen molar-refractivity contribution in [1.29, 1.82) is 0 Å². The Kier molecular flexibility index (Phi) is 5.36. The molecule has 0 atom stereocenters. The summed E-state index contributed by atoms with van der Waals surface area (Å²) in [5, 5.41) is 0. The van der Waals surface area contributed by atoms with Crippen LogP contribution in [-0.2, 0) is 20.7 Å². The number of hydrogen-bond donors (Lipinski definition) is 0. The molecule has 0 radical (unpaired) electrons. The maximum atomic E-state index is 11.8. The fourth-order valence-corrected chi connectivity index (χ4v) is 1.68. The minimum atomic E-state index is -0.350. The van der Waals surface area contributed by atoms with Gasteiger partial charge in [-0.05, 0) is 31.9 Å². The molecule has 98 valence electrons. The van der Waals surface area contributed by atoms with Crippen molar-refractivity contribution in [3.63, 3.8) is 0 Å². The fourth-order valence-electron chi connectivity index (χ4n) is 1.68. The minimum absolute atomic E-state index is 0.256. The standard InChI is InChI=1S/C14H18O4/c1-4-18-14(16)12-7-5-10(2)9-11(12)6-8-13(15)17-3/h5,7,9H,4,6,8H2,1-3H3. The second-order valence-corrected chi connectivity index (χ2v) is 3.96. The molecule has 0 aromatic heterocycles. The highest BCUT2D eigenvalue weighted by Gasteiger charge is 2.13. The van der Waals surface area contributed by atoms with Crippen LogP contribution in [0.5, 0.6) is 0 Å². The van der Waals surface area contributed by atoms with Crippen molar-refractivity contribution < 1.29 is 19.1 Å². The maximum absolute atomic E-state index is 11.8. The van der Waals surface area contributed by atoms with Gasteiger partial charge in [0.15, 0.2) is 0 Å². The number of carbonyl (C=O) groups excluding carboxylic acids is 2. The maximum Gasteiger partial charge on any atom is 0.338 e. The van der Waals surface area contributed by atoms with Crippen molar-refractivity contribution in [2.75, 3.05) is 13.7 Å². The summed E-state index contributed by atoms with van der Waals surface area (Å²) in [6.45, 7) is 4.04. The van der Waals surface area contributed by atoms with E-state index >= 15 is 0 Å². The molecule has 0 spiro atoms. The average Bonchev–Trinajstić information content (AvgIpc) is 2.36. The van der Waals surface area contributed by atoms with Crippen molar-refractivity contribution >= 4 is 11.9 Å². The molecule has 0 aliphatic rings. The van der Waals surface area contributed by atoms with Gasteiger partial charge in [0.1, 0.15) is 0 Å². The summed E-state index contributed by atoms with van der Waals surface area (Å²) < 4.78 is 9.58. The second-order valence-electron chi connectivity index (χ2n) is 3.96. The summed E-state index contributed by atoms with van der Waals surface area (Å²) in [6.07, 6.45) is 0.731. The predicted molar refractivity (Wildman–Crippen MR) is 67.5 cm³/mol. The minimum Gasteiger partial charge on any atom is -0.469 e. The Bertz CT molecular complexity index is 437. The van der Waals surface area contributed by atoms with Gasteiger partial charge in [-0.25, -0.2) is 4.79 Å². The number of esters is 2. The zero-order chi connectivity index (χ0) is 13.5. The number of hydrogen-bond acceptors (Lipinski definition) is 4. The van der Waals surface area contributed by atoms with Crippen LogP contribution in [0.2, 0.25) is 0 Å².